The molecule has 1 aromatic heterocycles. The highest BCUT2D eigenvalue weighted by atomic mass is 16.5. The topological polar surface area (TPSA) is 62.2 Å². The SMILES string of the molecule is Cc1cc(N)c2c(OC3CCCCC3)cccc2[n+]1[O-]. The van der Waals surface area contributed by atoms with Crippen LogP contribution in [0.5, 0.6) is 5.75 Å². The third kappa shape index (κ3) is 2.26. The van der Waals surface area contributed by atoms with Crippen LogP contribution in [0.1, 0.15) is 37.8 Å². The molecule has 1 heterocycles. The van der Waals surface area contributed by atoms with E-state index >= 15 is 0 Å². The van der Waals surface area contributed by atoms with E-state index in [9.17, 15) is 5.21 Å². The minimum atomic E-state index is 0.246. The van der Waals surface area contributed by atoms with Crippen LogP contribution in [0.4, 0.5) is 5.69 Å². The van der Waals surface area contributed by atoms with E-state index in [1.165, 1.54) is 19.3 Å². The van der Waals surface area contributed by atoms with Gasteiger partial charge in [0.05, 0.1) is 11.8 Å². The normalized spacial score (nSPS) is 16.4. The largest absolute Gasteiger partial charge is 0.618 e. The van der Waals surface area contributed by atoms with Gasteiger partial charge in [0.1, 0.15) is 11.1 Å². The van der Waals surface area contributed by atoms with E-state index in [-0.39, 0.29) is 6.10 Å². The third-order valence-corrected chi connectivity index (χ3v) is 4.04. The predicted molar refractivity (Wildman–Crippen MR) is 79.6 cm³/mol. The van der Waals surface area contributed by atoms with Gasteiger partial charge < -0.3 is 15.7 Å². The minimum absolute atomic E-state index is 0.246. The van der Waals surface area contributed by atoms with Gasteiger partial charge in [-0.05, 0) is 31.7 Å². The van der Waals surface area contributed by atoms with Crippen molar-refractivity contribution >= 4 is 16.6 Å². The van der Waals surface area contributed by atoms with Crippen molar-refractivity contribution in [3.63, 3.8) is 0 Å². The molecule has 0 atom stereocenters. The van der Waals surface area contributed by atoms with Crippen molar-refractivity contribution in [2.45, 2.75) is 45.1 Å². The zero-order chi connectivity index (χ0) is 14.1. The maximum Gasteiger partial charge on any atom is 0.229 e. The fourth-order valence-electron chi connectivity index (χ4n) is 2.99. The van der Waals surface area contributed by atoms with Crippen molar-refractivity contribution in [1.29, 1.82) is 0 Å². The number of anilines is 1. The smallest absolute Gasteiger partial charge is 0.229 e. The Morgan fingerprint density at radius 3 is 2.75 bits per heavy atom. The Hall–Kier alpha value is -1.97. The van der Waals surface area contributed by atoms with Crippen LogP contribution in [-0.4, -0.2) is 6.10 Å². The molecule has 4 nitrogen and oxygen atoms in total. The maximum atomic E-state index is 12.1. The number of ether oxygens (including phenoxy) is 1. The fourth-order valence-corrected chi connectivity index (χ4v) is 2.99. The Morgan fingerprint density at radius 2 is 2.00 bits per heavy atom. The van der Waals surface area contributed by atoms with Crippen LogP contribution in [-0.2, 0) is 0 Å². The van der Waals surface area contributed by atoms with E-state index < -0.39 is 0 Å². The lowest BCUT2D eigenvalue weighted by molar-refractivity contribution is -0.584. The zero-order valence-corrected chi connectivity index (χ0v) is 11.8. The predicted octanol–water partition coefficient (Wildman–Crippen LogP) is 3.08. The number of nitrogens with two attached hydrogens (primary N) is 1. The monoisotopic (exact) mass is 272 g/mol. The Bertz CT molecular complexity index is 634. The van der Waals surface area contributed by atoms with Crippen LogP contribution >= 0.6 is 0 Å². The van der Waals surface area contributed by atoms with Gasteiger partial charge >= 0.3 is 0 Å². The summed E-state index contributed by atoms with van der Waals surface area (Å²) in [5.41, 5.74) is 7.89. The highest BCUT2D eigenvalue weighted by Gasteiger charge is 2.19. The van der Waals surface area contributed by atoms with Gasteiger partial charge in [-0.3, -0.25) is 0 Å². The first kappa shape index (κ1) is 13.0. The molecule has 1 aliphatic carbocycles. The fraction of sp³-hybridized carbons (Fsp3) is 0.438. The molecule has 0 amide bonds. The molecule has 0 radical (unpaired) electrons. The lowest BCUT2D eigenvalue weighted by Gasteiger charge is -2.23. The average Bonchev–Trinajstić information content (AvgIpc) is 2.46. The number of aryl methyl sites for hydroxylation is 1. The van der Waals surface area contributed by atoms with Gasteiger partial charge in [-0.25, -0.2) is 0 Å². The Labute approximate surface area is 118 Å². The highest BCUT2D eigenvalue weighted by molar-refractivity contribution is 5.93. The number of nitrogens with zero attached hydrogens (tertiary/aromatic N) is 1. The molecular weight excluding hydrogens is 252 g/mol. The van der Waals surface area contributed by atoms with Gasteiger partial charge in [0, 0.05) is 19.1 Å². The molecule has 20 heavy (non-hydrogen) atoms. The molecule has 106 valence electrons. The van der Waals surface area contributed by atoms with Gasteiger partial charge in [0.25, 0.3) is 0 Å². The molecule has 1 aromatic carbocycles. The molecule has 4 heteroatoms. The number of aromatic nitrogens is 1. The second-order valence-corrected chi connectivity index (χ2v) is 5.56. The van der Waals surface area contributed by atoms with Crippen molar-refractivity contribution in [3.8, 4) is 5.75 Å². The molecule has 1 saturated carbocycles. The number of nitrogen functional groups attached to an aromatic ring is 1. The summed E-state index contributed by atoms with van der Waals surface area (Å²) in [7, 11) is 0. The summed E-state index contributed by atoms with van der Waals surface area (Å²) in [6, 6.07) is 7.26. The summed E-state index contributed by atoms with van der Waals surface area (Å²) in [6.07, 6.45) is 6.13. The van der Waals surface area contributed by atoms with Gasteiger partial charge in [0.2, 0.25) is 5.52 Å². The van der Waals surface area contributed by atoms with Crippen LogP contribution < -0.4 is 15.2 Å². The summed E-state index contributed by atoms with van der Waals surface area (Å²) in [4.78, 5) is 0. The van der Waals surface area contributed by atoms with E-state index in [2.05, 4.69) is 0 Å². The average molecular weight is 272 g/mol. The first-order valence-electron chi connectivity index (χ1n) is 7.25. The van der Waals surface area contributed by atoms with Gasteiger partial charge in [-0.15, -0.1) is 0 Å². The quantitative estimate of drug-likeness (QED) is 0.675. The lowest BCUT2D eigenvalue weighted by atomic mass is 9.97. The summed E-state index contributed by atoms with van der Waals surface area (Å²) < 4.78 is 7.03. The molecule has 0 spiro atoms. The molecule has 1 aliphatic rings. The van der Waals surface area contributed by atoms with E-state index in [0.717, 1.165) is 28.7 Å². The molecule has 2 N–H and O–H groups in total. The first-order valence-corrected chi connectivity index (χ1v) is 7.25. The molecule has 1 fully saturated rings. The number of hydrogen-bond acceptors (Lipinski definition) is 3. The van der Waals surface area contributed by atoms with Crippen molar-refractivity contribution in [2.75, 3.05) is 5.73 Å². The van der Waals surface area contributed by atoms with Crippen molar-refractivity contribution in [1.82, 2.24) is 0 Å². The van der Waals surface area contributed by atoms with Crippen LogP contribution in [0.15, 0.2) is 24.3 Å². The summed E-state index contributed by atoms with van der Waals surface area (Å²) in [5.74, 6) is 0.733. The van der Waals surface area contributed by atoms with E-state index in [1.54, 1.807) is 19.1 Å². The lowest BCUT2D eigenvalue weighted by Crippen LogP contribution is -2.31. The number of benzene rings is 1. The van der Waals surface area contributed by atoms with Gasteiger partial charge in [-0.1, -0.05) is 12.5 Å². The highest BCUT2D eigenvalue weighted by Crippen LogP contribution is 2.32. The first-order chi connectivity index (χ1) is 9.66. The van der Waals surface area contributed by atoms with Crippen molar-refractivity contribution in [2.24, 2.45) is 0 Å². The standard InChI is InChI=1S/C16H20N2O2/c1-11-10-13(17)16-14(18(11)19)8-5-9-15(16)20-12-6-3-2-4-7-12/h5,8-10,12H,2-4,6-7,17H2,1H3. The van der Waals surface area contributed by atoms with E-state index in [4.69, 9.17) is 10.5 Å². The molecular formula is C16H20N2O2. The Balaban J connectivity index is 2.04. The zero-order valence-electron chi connectivity index (χ0n) is 11.8. The van der Waals surface area contributed by atoms with E-state index in [1.807, 2.05) is 12.1 Å². The summed E-state index contributed by atoms with van der Waals surface area (Å²) in [6.45, 7) is 1.76. The van der Waals surface area contributed by atoms with Crippen LogP contribution in [0.2, 0.25) is 0 Å². The Morgan fingerprint density at radius 1 is 1.25 bits per heavy atom. The Kier molecular flexibility index (Phi) is 3.38. The van der Waals surface area contributed by atoms with Crippen LogP contribution in [0.3, 0.4) is 0 Å². The molecule has 0 unspecified atom stereocenters. The van der Waals surface area contributed by atoms with Crippen molar-refractivity contribution in [3.05, 3.63) is 35.2 Å². The third-order valence-electron chi connectivity index (χ3n) is 4.04. The molecule has 0 saturated heterocycles. The minimum Gasteiger partial charge on any atom is -0.618 e. The molecule has 0 aliphatic heterocycles. The summed E-state index contributed by atoms with van der Waals surface area (Å²) >= 11 is 0. The van der Waals surface area contributed by atoms with Crippen molar-refractivity contribution < 1.29 is 9.47 Å². The molecule has 0 bridgehead atoms. The molecule has 2 aromatic rings. The van der Waals surface area contributed by atoms with E-state index in [0.29, 0.717) is 16.9 Å². The number of hydrogen-bond donors (Lipinski definition) is 1. The second kappa shape index (κ2) is 5.19. The second-order valence-electron chi connectivity index (χ2n) is 5.56. The van der Waals surface area contributed by atoms with Crippen LogP contribution in [0, 0.1) is 12.1 Å². The maximum absolute atomic E-state index is 12.1. The summed E-state index contributed by atoms with van der Waals surface area (Å²) in [5, 5.41) is 12.9. The number of pyridine rings is 1. The molecule has 3 rings (SSSR count). The van der Waals surface area contributed by atoms with Gasteiger partial charge in [-0.2, -0.15) is 4.73 Å². The van der Waals surface area contributed by atoms with Crippen LogP contribution in [0.25, 0.3) is 10.9 Å². The van der Waals surface area contributed by atoms with Gasteiger partial charge in [0.15, 0.2) is 5.69 Å². The number of rotatable bonds is 2. The number of fused-ring (bicyclic) bond motifs is 1.